The highest BCUT2D eigenvalue weighted by Crippen LogP contribution is 2.32. The van der Waals surface area contributed by atoms with Gasteiger partial charge in [-0.15, -0.1) is 0 Å². The Labute approximate surface area is 182 Å². The fourth-order valence-corrected chi connectivity index (χ4v) is 3.50. The molecule has 0 radical (unpaired) electrons. The van der Waals surface area contributed by atoms with E-state index in [4.69, 9.17) is 23.6 Å². The molecule has 30 heavy (non-hydrogen) atoms. The number of methoxy groups -OCH3 is 3. The molecule has 5 nitrogen and oxygen atoms in total. The summed E-state index contributed by atoms with van der Waals surface area (Å²) in [6.07, 6.45) is 0. The predicted octanol–water partition coefficient (Wildman–Crippen LogP) is 6.12. The van der Waals surface area contributed by atoms with Crippen LogP contribution in [0.1, 0.15) is 0 Å². The standard InChI is InChI=1S/C24H20BrNO4/c1-27-17-7-4-15(5-8-17)23-14-21(19-12-16(25)6-11-22(19)30-23)26-20-10-9-18(28-2)13-24(20)29-3/h4-14H,1-3H3. The number of hydrogen-bond acceptors (Lipinski definition) is 5. The minimum absolute atomic E-state index is 0.629. The molecule has 0 aliphatic carbocycles. The van der Waals surface area contributed by atoms with Gasteiger partial charge >= 0.3 is 0 Å². The Kier molecular flexibility index (Phi) is 5.77. The molecule has 0 aliphatic rings. The Morgan fingerprint density at radius 2 is 1.50 bits per heavy atom. The summed E-state index contributed by atoms with van der Waals surface area (Å²) < 4.78 is 23.2. The minimum Gasteiger partial charge on any atom is -0.497 e. The molecular formula is C24H20BrNO4. The van der Waals surface area contributed by atoms with Gasteiger partial charge in [-0.25, -0.2) is 4.99 Å². The minimum atomic E-state index is 0.629. The molecule has 152 valence electrons. The van der Waals surface area contributed by atoms with E-state index in [0.29, 0.717) is 22.9 Å². The maximum absolute atomic E-state index is 6.17. The normalized spacial score (nSPS) is 11.5. The van der Waals surface area contributed by atoms with Gasteiger partial charge in [-0.2, -0.15) is 0 Å². The van der Waals surface area contributed by atoms with E-state index in [0.717, 1.165) is 32.1 Å². The van der Waals surface area contributed by atoms with E-state index in [-0.39, 0.29) is 0 Å². The van der Waals surface area contributed by atoms with Crippen molar-refractivity contribution < 1.29 is 18.6 Å². The topological polar surface area (TPSA) is 53.2 Å². The predicted molar refractivity (Wildman–Crippen MR) is 121 cm³/mol. The third kappa shape index (κ3) is 4.04. The third-order valence-electron chi connectivity index (χ3n) is 4.71. The molecule has 0 N–H and O–H groups in total. The number of nitrogens with zero attached hydrogens (tertiary/aromatic N) is 1. The van der Waals surface area contributed by atoms with Crippen LogP contribution in [0.3, 0.4) is 0 Å². The van der Waals surface area contributed by atoms with E-state index >= 15 is 0 Å². The van der Waals surface area contributed by atoms with Gasteiger partial charge in [0, 0.05) is 27.6 Å². The van der Waals surface area contributed by atoms with E-state index in [1.165, 1.54) is 0 Å². The first-order valence-corrected chi connectivity index (χ1v) is 10.0. The van der Waals surface area contributed by atoms with Crippen molar-refractivity contribution >= 4 is 32.6 Å². The average Bonchev–Trinajstić information content (AvgIpc) is 2.79. The number of benzene rings is 3. The molecule has 6 heteroatoms. The van der Waals surface area contributed by atoms with E-state index < -0.39 is 0 Å². The van der Waals surface area contributed by atoms with Crippen molar-refractivity contribution in [1.82, 2.24) is 0 Å². The zero-order valence-electron chi connectivity index (χ0n) is 16.8. The van der Waals surface area contributed by atoms with E-state index in [1.54, 1.807) is 21.3 Å². The van der Waals surface area contributed by atoms with E-state index in [2.05, 4.69) is 15.9 Å². The Balaban J connectivity index is 1.95. The first kappa shape index (κ1) is 20.0. The molecule has 4 aromatic rings. The molecule has 0 aliphatic heterocycles. The second-order valence-electron chi connectivity index (χ2n) is 6.51. The monoisotopic (exact) mass is 465 g/mol. The summed E-state index contributed by atoms with van der Waals surface area (Å²) in [5.74, 6) is 2.83. The molecule has 4 rings (SSSR count). The van der Waals surface area contributed by atoms with Crippen molar-refractivity contribution in [1.29, 1.82) is 0 Å². The molecule has 1 aromatic heterocycles. The van der Waals surface area contributed by atoms with Crippen LogP contribution in [-0.4, -0.2) is 21.3 Å². The van der Waals surface area contributed by atoms with Crippen LogP contribution in [0.25, 0.3) is 22.3 Å². The number of fused-ring (bicyclic) bond motifs is 1. The van der Waals surface area contributed by atoms with Crippen LogP contribution in [-0.2, 0) is 0 Å². The molecule has 0 unspecified atom stereocenters. The van der Waals surface area contributed by atoms with Crippen LogP contribution in [0.15, 0.2) is 80.6 Å². The van der Waals surface area contributed by atoms with Crippen molar-refractivity contribution in [2.75, 3.05) is 21.3 Å². The van der Waals surface area contributed by atoms with Crippen LogP contribution in [0.5, 0.6) is 17.2 Å². The van der Waals surface area contributed by atoms with Gasteiger partial charge in [-0.3, -0.25) is 0 Å². The molecule has 3 aromatic carbocycles. The smallest absolute Gasteiger partial charge is 0.148 e. The molecule has 0 spiro atoms. The van der Waals surface area contributed by atoms with Crippen molar-refractivity contribution in [3.63, 3.8) is 0 Å². The Morgan fingerprint density at radius 3 is 2.20 bits per heavy atom. The zero-order chi connectivity index (χ0) is 21.1. The van der Waals surface area contributed by atoms with Crippen molar-refractivity contribution in [2.24, 2.45) is 4.99 Å². The summed E-state index contributed by atoms with van der Waals surface area (Å²) in [4.78, 5) is 4.89. The van der Waals surface area contributed by atoms with Crippen LogP contribution in [0.4, 0.5) is 5.69 Å². The molecular weight excluding hydrogens is 446 g/mol. The maximum atomic E-state index is 6.17. The number of rotatable bonds is 5. The summed E-state index contributed by atoms with van der Waals surface area (Å²) >= 11 is 3.54. The van der Waals surface area contributed by atoms with Gasteiger partial charge in [-0.05, 0) is 54.6 Å². The molecule has 0 saturated heterocycles. The summed E-state index contributed by atoms with van der Waals surface area (Å²) in [5, 5.41) is 1.66. The van der Waals surface area contributed by atoms with Gasteiger partial charge in [0.05, 0.1) is 26.7 Å². The largest absolute Gasteiger partial charge is 0.497 e. The van der Waals surface area contributed by atoms with E-state index in [1.807, 2.05) is 66.7 Å². The number of hydrogen-bond donors (Lipinski definition) is 0. The highest BCUT2D eigenvalue weighted by atomic mass is 79.9. The van der Waals surface area contributed by atoms with Gasteiger partial charge < -0.3 is 18.6 Å². The highest BCUT2D eigenvalue weighted by molar-refractivity contribution is 9.10. The second-order valence-corrected chi connectivity index (χ2v) is 7.43. The lowest BCUT2D eigenvalue weighted by molar-refractivity contribution is 0.395. The van der Waals surface area contributed by atoms with Gasteiger partial charge in [0.25, 0.3) is 0 Å². The highest BCUT2D eigenvalue weighted by Gasteiger charge is 2.09. The molecule has 0 fully saturated rings. The Hall–Kier alpha value is -3.25. The Morgan fingerprint density at radius 1 is 0.767 bits per heavy atom. The lowest BCUT2D eigenvalue weighted by atomic mass is 10.1. The molecule has 0 atom stereocenters. The molecule has 1 heterocycles. The Bertz CT molecular complexity index is 1260. The lowest BCUT2D eigenvalue weighted by Crippen LogP contribution is -2.03. The zero-order valence-corrected chi connectivity index (χ0v) is 18.4. The van der Waals surface area contributed by atoms with Gasteiger partial charge in [0.2, 0.25) is 0 Å². The van der Waals surface area contributed by atoms with Crippen molar-refractivity contribution in [3.8, 4) is 28.6 Å². The first-order chi connectivity index (χ1) is 14.6. The summed E-state index contributed by atoms with van der Waals surface area (Å²) in [5.41, 5.74) is 2.36. The van der Waals surface area contributed by atoms with Gasteiger partial charge in [0.1, 0.15) is 34.3 Å². The summed E-state index contributed by atoms with van der Waals surface area (Å²) in [6, 6.07) is 21.1. The van der Waals surface area contributed by atoms with Gasteiger partial charge in [0.15, 0.2) is 0 Å². The number of ether oxygens (including phenoxy) is 3. The van der Waals surface area contributed by atoms with Gasteiger partial charge in [-0.1, -0.05) is 15.9 Å². The second kappa shape index (κ2) is 8.63. The lowest BCUT2D eigenvalue weighted by Gasteiger charge is -2.09. The first-order valence-electron chi connectivity index (χ1n) is 9.26. The fraction of sp³-hybridized carbons (Fsp3) is 0.125. The SMILES string of the molecule is COc1ccc(-c2cc(=Nc3ccc(OC)cc3OC)c3cc(Br)ccc3o2)cc1. The molecule has 0 bridgehead atoms. The quantitative estimate of drug-likeness (QED) is 0.356. The fourth-order valence-electron chi connectivity index (χ4n) is 3.14. The van der Waals surface area contributed by atoms with Crippen molar-refractivity contribution in [3.05, 3.63) is 76.6 Å². The van der Waals surface area contributed by atoms with Crippen molar-refractivity contribution in [2.45, 2.75) is 0 Å². The third-order valence-corrected chi connectivity index (χ3v) is 5.20. The molecule has 0 amide bonds. The van der Waals surface area contributed by atoms with Crippen LogP contribution >= 0.6 is 15.9 Å². The van der Waals surface area contributed by atoms with E-state index in [9.17, 15) is 0 Å². The molecule has 0 saturated carbocycles. The average molecular weight is 466 g/mol. The summed E-state index contributed by atoms with van der Waals surface area (Å²) in [6.45, 7) is 0. The van der Waals surface area contributed by atoms with Crippen LogP contribution in [0.2, 0.25) is 0 Å². The van der Waals surface area contributed by atoms with Crippen LogP contribution < -0.4 is 19.6 Å². The van der Waals surface area contributed by atoms with Crippen LogP contribution in [0, 0.1) is 0 Å². The summed E-state index contributed by atoms with van der Waals surface area (Å²) in [7, 11) is 4.88. The number of halogens is 1. The maximum Gasteiger partial charge on any atom is 0.148 e.